The molecule has 1 aromatic rings. The van der Waals surface area contributed by atoms with E-state index in [1.165, 1.54) is 35.7 Å². The summed E-state index contributed by atoms with van der Waals surface area (Å²) in [5.41, 5.74) is 0. The highest BCUT2D eigenvalue weighted by Crippen LogP contribution is 2.34. The average Bonchev–Trinajstić information content (AvgIpc) is 2.96. The quantitative estimate of drug-likeness (QED) is 0.801. The Bertz CT molecular complexity index is 364. The van der Waals surface area contributed by atoms with E-state index in [-0.39, 0.29) is 0 Å². The van der Waals surface area contributed by atoms with Gasteiger partial charge >= 0.3 is 0 Å². The summed E-state index contributed by atoms with van der Waals surface area (Å²) < 4.78 is 0. The number of hydrogen-bond acceptors (Lipinski definition) is 4. The molecule has 1 N–H and O–H groups in total. The van der Waals surface area contributed by atoms with Crippen molar-refractivity contribution < 1.29 is 0 Å². The SMILES string of the molecule is CCCNCc1cnc(N2C(C)CCC2CC)s1. The van der Waals surface area contributed by atoms with Crippen LogP contribution in [0.3, 0.4) is 0 Å². The van der Waals surface area contributed by atoms with E-state index in [4.69, 9.17) is 0 Å². The van der Waals surface area contributed by atoms with E-state index in [9.17, 15) is 0 Å². The second kappa shape index (κ2) is 6.53. The molecule has 4 heteroatoms. The minimum absolute atomic E-state index is 0.651. The molecule has 0 saturated carbocycles. The smallest absolute Gasteiger partial charge is 0.186 e. The van der Waals surface area contributed by atoms with Gasteiger partial charge in [0, 0.05) is 29.7 Å². The van der Waals surface area contributed by atoms with Gasteiger partial charge in [-0.2, -0.15) is 0 Å². The standard InChI is InChI=1S/C14H25N3S/c1-4-8-15-9-13-10-16-14(18-13)17-11(3)6-7-12(17)5-2/h10-12,15H,4-9H2,1-3H3. The molecule has 0 radical (unpaired) electrons. The highest BCUT2D eigenvalue weighted by atomic mass is 32.1. The summed E-state index contributed by atoms with van der Waals surface area (Å²) in [5.74, 6) is 0. The molecule has 3 nitrogen and oxygen atoms in total. The molecule has 18 heavy (non-hydrogen) atoms. The molecule has 102 valence electrons. The Morgan fingerprint density at radius 2 is 2.28 bits per heavy atom. The third-order valence-electron chi connectivity index (χ3n) is 3.75. The van der Waals surface area contributed by atoms with Gasteiger partial charge in [0.15, 0.2) is 5.13 Å². The van der Waals surface area contributed by atoms with Gasteiger partial charge in [0.25, 0.3) is 0 Å². The van der Waals surface area contributed by atoms with Crippen LogP contribution in [0.5, 0.6) is 0 Å². The van der Waals surface area contributed by atoms with E-state index in [1.54, 1.807) is 0 Å². The van der Waals surface area contributed by atoms with Crippen LogP contribution in [0.2, 0.25) is 0 Å². The number of rotatable bonds is 6. The van der Waals surface area contributed by atoms with Gasteiger partial charge in [-0.05, 0) is 39.2 Å². The second-order valence-corrected chi connectivity index (χ2v) is 6.28. The predicted octanol–water partition coefficient (Wildman–Crippen LogP) is 3.41. The Morgan fingerprint density at radius 1 is 1.44 bits per heavy atom. The van der Waals surface area contributed by atoms with E-state index in [0.29, 0.717) is 12.1 Å². The monoisotopic (exact) mass is 267 g/mol. The fraction of sp³-hybridized carbons (Fsp3) is 0.786. The summed E-state index contributed by atoms with van der Waals surface area (Å²) in [6, 6.07) is 1.35. The summed E-state index contributed by atoms with van der Waals surface area (Å²) in [7, 11) is 0. The molecule has 1 aliphatic heterocycles. The Hall–Kier alpha value is -0.610. The number of thiazole rings is 1. The van der Waals surface area contributed by atoms with Crippen LogP contribution in [0.15, 0.2) is 6.20 Å². The number of nitrogens with zero attached hydrogens (tertiary/aromatic N) is 2. The van der Waals surface area contributed by atoms with Crippen LogP contribution in [-0.4, -0.2) is 23.6 Å². The highest BCUT2D eigenvalue weighted by Gasteiger charge is 2.31. The van der Waals surface area contributed by atoms with Gasteiger partial charge in [-0.25, -0.2) is 4.98 Å². The molecule has 0 aromatic carbocycles. The lowest BCUT2D eigenvalue weighted by molar-refractivity contribution is 0.626. The number of aromatic nitrogens is 1. The molecule has 1 saturated heterocycles. The molecule has 1 fully saturated rings. The fourth-order valence-corrected chi connectivity index (χ4v) is 3.76. The van der Waals surface area contributed by atoms with Crippen molar-refractivity contribution in [2.45, 2.75) is 65.1 Å². The Labute approximate surface area is 115 Å². The molecule has 1 aliphatic rings. The van der Waals surface area contributed by atoms with Crippen LogP contribution in [0.1, 0.15) is 51.3 Å². The maximum Gasteiger partial charge on any atom is 0.186 e. The lowest BCUT2D eigenvalue weighted by atomic mass is 10.2. The maximum atomic E-state index is 4.63. The molecule has 1 aromatic heterocycles. The van der Waals surface area contributed by atoms with Crippen LogP contribution in [0, 0.1) is 0 Å². The molecule has 2 heterocycles. The molecule has 0 amide bonds. The normalized spacial score (nSPS) is 23.8. The maximum absolute atomic E-state index is 4.63. The van der Waals surface area contributed by atoms with Crippen LogP contribution in [0.25, 0.3) is 0 Å². The van der Waals surface area contributed by atoms with Crippen LogP contribution >= 0.6 is 11.3 Å². The van der Waals surface area contributed by atoms with Gasteiger partial charge in [-0.1, -0.05) is 13.8 Å². The van der Waals surface area contributed by atoms with Crippen LogP contribution < -0.4 is 10.2 Å². The minimum Gasteiger partial charge on any atom is -0.342 e. The van der Waals surface area contributed by atoms with Crippen LogP contribution in [-0.2, 0) is 6.54 Å². The number of nitrogens with one attached hydrogen (secondary N) is 1. The molecule has 0 aliphatic carbocycles. The fourth-order valence-electron chi connectivity index (χ4n) is 2.70. The zero-order valence-electron chi connectivity index (χ0n) is 11.8. The first-order chi connectivity index (χ1) is 8.76. The molecular weight excluding hydrogens is 242 g/mol. The minimum atomic E-state index is 0.651. The van der Waals surface area contributed by atoms with Gasteiger partial charge in [0.05, 0.1) is 0 Å². The van der Waals surface area contributed by atoms with Crippen molar-refractivity contribution in [3.8, 4) is 0 Å². The summed E-state index contributed by atoms with van der Waals surface area (Å²) in [4.78, 5) is 8.52. The summed E-state index contributed by atoms with van der Waals surface area (Å²) in [6.07, 6.45) is 7.09. The van der Waals surface area contributed by atoms with E-state index >= 15 is 0 Å². The van der Waals surface area contributed by atoms with Gasteiger partial charge in [0.1, 0.15) is 0 Å². The Kier molecular flexibility index (Phi) is 5.01. The van der Waals surface area contributed by atoms with Crippen molar-refractivity contribution in [1.82, 2.24) is 10.3 Å². The zero-order valence-corrected chi connectivity index (χ0v) is 12.6. The summed E-state index contributed by atoms with van der Waals surface area (Å²) >= 11 is 1.86. The van der Waals surface area contributed by atoms with E-state index in [2.05, 4.69) is 36.0 Å². The molecular formula is C14H25N3S. The van der Waals surface area contributed by atoms with Crippen molar-refractivity contribution >= 4 is 16.5 Å². The average molecular weight is 267 g/mol. The third-order valence-corrected chi connectivity index (χ3v) is 4.76. The Balaban J connectivity index is 2.00. The lowest BCUT2D eigenvalue weighted by Crippen LogP contribution is -2.33. The summed E-state index contributed by atoms with van der Waals surface area (Å²) in [5, 5.41) is 4.67. The molecule has 0 spiro atoms. The first-order valence-corrected chi connectivity index (χ1v) is 8.01. The van der Waals surface area contributed by atoms with E-state index in [0.717, 1.165) is 13.1 Å². The van der Waals surface area contributed by atoms with Gasteiger partial charge in [-0.3, -0.25) is 0 Å². The van der Waals surface area contributed by atoms with Crippen molar-refractivity contribution in [2.75, 3.05) is 11.4 Å². The van der Waals surface area contributed by atoms with Crippen molar-refractivity contribution in [3.63, 3.8) is 0 Å². The van der Waals surface area contributed by atoms with Gasteiger partial charge < -0.3 is 10.2 Å². The number of hydrogen-bond donors (Lipinski definition) is 1. The van der Waals surface area contributed by atoms with Gasteiger partial charge in [-0.15, -0.1) is 11.3 Å². The Morgan fingerprint density at radius 3 is 3.00 bits per heavy atom. The van der Waals surface area contributed by atoms with Crippen LogP contribution in [0.4, 0.5) is 5.13 Å². The summed E-state index contributed by atoms with van der Waals surface area (Å²) in [6.45, 7) is 8.86. The zero-order chi connectivity index (χ0) is 13.0. The largest absolute Gasteiger partial charge is 0.342 e. The third kappa shape index (κ3) is 3.04. The first-order valence-electron chi connectivity index (χ1n) is 7.20. The molecule has 2 atom stereocenters. The van der Waals surface area contributed by atoms with Crippen molar-refractivity contribution in [2.24, 2.45) is 0 Å². The predicted molar refractivity (Wildman–Crippen MR) is 79.4 cm³/mol. The molecule has 2 rings (SSSR count). The highest BCUT2D eigenvalue weighted by molar-refractivity contribution is 7.15. The van der Waals surface area contributed by atoms with Crippen molar-refractivity contribution in [1.29, 1.82) is 0 Å². The van der Waals surface area contributed by atoms with E-state index < -0.39 is 0 Å². The lowest BCUT2D eigenvalue weighted by Gasteiger charge is -2.27. The first kappa shape index (κ1) is 13.8. The molecule has 0 bridgehead atoms. The second-order valence-electron chi connectivity index (χ2n) is 5.18. The number of anilines is 1. The van der Waals surface area contributed by atoms with E-state index in [1.807, 2.05) is 17.5 Å². The van der Waals surface area contributed by atoms with Gasteiger partial charge in [0.2, 0.25) is 0 Å². The molecule has 2 unspecified atom stereocenters. The van der Waals surface area contributed by atoms with Crippen molar-refractivity contribution in [3.05, 3.63) is 11.1 Å². The topological polar surface area (TPSA) is 28.2 Å².